The van der Waals surface area contributed by atoms with Crippen LogP contribution in [0, 0.1) is 17.6 Å². The molecule has 23 heavy (non-hydrogen) atoms. The zero-order valence-electron chi connectivity index (χ0n) is 12.0. The molecule has 1 aromatic carbocycles. The van der Waals surface area contributed by atoms with E-state index in [4.69, 9.17) is 23.2 Å². The number of nitrogens with one attached hydrogen (secondary N) is 1. The summed E-state index contributed by atoms with van der Waals surface area (Å²) in [7, 11) is 0. The van der Waals surface area contributed by atoms with Crippen LogP contribution in [0.15, 0.2) is 18.3 Å². The normalized spacial score (nSPS) is 19.7. The van der Waals surface area contributed by atoms with Crippen LogP contribution in [0.1, 0.15) is 23.7 Å². The molecule has 0 amide bonds. The second-order valence-corrected chi connectivity index (χ2v) is 5.69. The minimum Gasteiger partial charge on any atom is -0.463 e. The number of hydrogen-bond acceptors (Lipinski definition) is 4. The van der Waals surface area contributed by atoms with Gasteiger partial charge >= 0.3 is 5.97 Å². The molecule has 0 heterocycles. The van der Waals surface area contributed by atoms with Gasteiger partial charge in [-0.25, -0.2) is 13.6 Å². The number of halogens is 4. The van der Waals surface area contributed by atoms with E-state index in [-0.39, 0.29) is 12.6 Å². The lowest BCUT2D eigenvalue weighted by Gasteiger charge is -2.07. The van der Waals surface area contributed by atoms with Crippen molar-refractivity contribution in [2.75, 3.05) is 6.61 Å². The molecule has 1 saturated carbocycles. The predicted molar refractivity (Wildman–Crippen MR) is 81.5 cm³/mol. The van der Waals surface area contributed by atoms with Gasteiger partial charge in [-0.2, -0.15) is 0 Å². The van der Waals surface area contributed by atoms with Gasteiger partial charge in [-0.1, -0.05) is 23.2 Å². The third-order valence-corrected chi connectivity index (χ3v) is 3.93. The molecule has 2 unspecified atom stereocenters. The van der Waals surface area contributed by atoms with Gasteiger partial charge in [0.2, 0.25) is 0 Å². The zero-order chi connectivity index (χ0) is 17.1. The Hall–Kier alpha value is -1.66. The summed E-state index contributed by atoms with van der Waals surface area (Å²) in [5.41, 5.74) is -0.503. The molecule has 1 aromatic rings. The first kappa shape index (κ1) is 17.7. The lowest BCUT2D eigenvalue weighted by Crippen LogP contribution is -2.17. The van der Waals surface area contributed by atoms with Crippen LogP contribution in [0.5, 0.6) is 0 Å². The third kappa shape index (κ3) is 4.00. The molecular formula is C15H13Cl2F2NO3. The maximum atomic E-state index is 13.8. The maximum Gasteiger partial charge on any atom is 0.332 e. The average Bonchev–Trinajstić information content (AvgIpc) is 3.24. The largest absolute Gasteiger partial charge is 0.463 e. The minimum absolute atomic E-state index is 0.258. The van der Waals surface area contributed by atoms with Crippen LogP contribution >= 0.6 is 23.2 Å². The van der Waals surface area contributed by atoms with Crippen LogP contribution in [0.4, 0.5) is 8.78 Å². The van der Waals surface area contributed by atoms with Crippen molar-refractivity contribution >= 4 is 35.0 Å². The van der Waals surface area contributed by atoms with Crippen LogP contribution in [0.2, 0.25) is 10.0 Å². The first-order valence-electron chi connectivity index (χ1n) is 6.83. The summed E-state index contributed by atoms with van der Waals surface area (Å²) in [6, 6.07) is 0.448. The number of esters is 1. The van der Waals surface area contributed by atoms with E-state index in [9.17, 15) is 18.4 Å². The van der Waals surface area contributed by atoms with Crippen LogP contribution in [-0.4, -0.2) is 24.4 Å². The van der Waals surface area contributed by atoms with Crippen LogP contribution in [-0.2, 0) is 9.53 Å². The van der Waals surface area contributed by atoms with Gasteiger partial charge in [-0.3, -0.25) is 4.79 Å². The quantitative estimate of drug-likeness (QED) is 0.276. The summed E-state index contributed by atoms with van der Waals surface area (Å²) in [5, 5.41) is 1.73. The zero-order valence-corrected chi connectivity index (χ0v) is 13.5. The number of hydrogen-bond donors (Lipinski definition) is 1. The fourth-order valence-corrected chi connectivity index (χ4v) is 2.60. The molecule has 4 nitrogen and oxygen atoms in total. The van der Waals surface area contributed by atoms with Crippen molar-refractivity contribution in [3.05, 3.63) is 45.6 Å². The van der Waals surface area contributed by atoms with Gasteiger partial charge < -0.3 is 10.1 Å². The maximum absolute atomic E-state index is 13.8. The number of benzene rings is 1. The number of ketones is 1. The van der Waals surface area contributed by atoms with E-state index in [2.05, 4.69) is 10.1 Å². The van der Waals surface area contributed by atoms with Crippen molar-refractivity contribution in [3.63, 3.8) is 0 Å². The van der Waals surface area contributed by atoms with Crippen molar-refractivity contribution in [2.24, 2.45) is 5.92 Å². The number of rotatable bonds is 6. The summed E-state index contributed by atoms with van der Waals surface area (Å²) in [6.45, 7) is 1.94. The standard InChI is InChI=1S/C15H13Cl2F2NO3/c1-2-23-11(21)3-4-20-10-5-7(10)15(22)12-9(18)6-8(16)14(19)13(12)17/h3-4,6-7,10,20H,2,5H2,1H3. The van der Waals surface area contributed by atoms with E-state index in [1.165, 1.54) is 12.3 Å². The van der Waals surface area contributed by atoms with Gasteiger partial charge in [0.25, 0.3) is 0 Å². The summed E-state index contributed by atoms with van der Waals surface area (Å²) < 4.78 is 32.2. The van der Waals surface area contributed by atoms with Crippen molar-refractivity contribution in [1.82, 2.24) is 5.32 Å². The first-order valence-corrected chi connectivity index (χ1v) is 7.59. The topological polar surface area (TPSA) is 55.4 Å². The lowest BCUT2D eigenvalue weighted by atomic mass is 10.1. The molecule has 2 atom stereocenters. The number of carbonyl (C=O) groups is 2. The predicted octanol–water partition coefficient (Wildman–Crippen LogP) is 3.51. The highest BCUT2D eigenvalue weighted by molar-refractivity contribution is 6.37. The Bertz CT molecular complexity index is 679. The fraction of sp³-hybridized carbons (Fsp3) is 0.333. The van der Waals surface area contributed by atoms with Crippen LogP contribution in [0.3, 0.4) is 0 Å². The highest BCUT2D eigenvalue weighted by atomic mass is 35.5. The van der Waals surface area contributed by atoms with Gasteiger partial charge in [0.15, 0.2) is 11.6 Å². The molecular weight excluding hydrogens is 351 g/mol. The van der Waals surface area contributed by atoms with E-state index >= 15 is 0 Å². The Morgan fingerprint density at radius 2 is 2.13 bits per heavy atom. The van der Waals surface area contributed by atoms with E-state index < -0.39 is 44.9 Å². The Morgan fingerprint density at radius 1 is 1.43 bits per heavy atom. The molecule has 1 aliphatic carbocycles. The average molecular weight is 364 g/mol. The SMILES string of the molecule is CCOC(=O)C=CNC1CC1C(=O)c1c(F)cc(Cl)c(F)c1Cl. The highest BCUT2D eigenvalue weighted by Crippen LogP contribution is 2.38. The van der Waals surface area contributed by atoms with Gasteiger partial charge in [-0.15, -0.1) is 0 Å². The van der Waals surface area contributed by atoms with Gasteiger partial charge in [0.05, 0.1) is 22.2 Å². The molecule has 8 heteroatoms. The third-order valence-electron chi connectivity index (χ3n) is 3.30. The fourth-order valence-electron chi connectivity index (χ4n) is 2.08. The first-order chi connectivity index (χ1) is 10.9. The monoisotopic (exact) mass is 363 g/mol. The number of carbonyl (C=O) groups excluding carboxylic acids is 2. The highest BCUT2D eigenvalue weighted by Gasteiger charge is 2.44. The molecule has 2 rings (SSSR count). The molecule has 0 radical (unpaired) electrons. The molecule has 124 valence electrons. The van der Waals surface area contributed by atoms with Crippen molar-refractivity contribution < 1.29 is 23.1 Å². The smallest absolute Gasteiger partial charge is 0.332 e. The molecule has 0 aromatic heterocycles. The lowest BCUT2D eigenvalue weighted by molar-refractivity contribution is -0.137. The Morgan fingerprint density at radius 3 is 2.78 bits per heavy atom. The van der Waals surface area contributed by atoms with Crippen molar-refractivity contribution in [1.29, 1.82) is 0 Å². The minimum atomic E-state index is -1.02. The summed E-state index contributed by atoms with van der Waals surface area (Å²) in [6.07, 6.45) is 2.96. The van der Waals surface area contributed by atoms with Crippen LogP contribution in [0.25, 0.3) is 0 Å². The van der Waals surface area contributed by atoms with Gasteiger partial charge in [-0.05, 0) is 19.4 Å². The Labute approximate surface area is 141 Å². The second kappa shape index (κ2) is 7.27. The summed E-state index contributed by atoms with van der Waals surface area (Å²) in [5.74, 6) is -3.65. The van der Waals surface area contributed by atoms with E-state index in [0.29, 0.717) is 6.42 Å². The van der Waals surface area contributed by atoms with E-state index in [1.807, 2.05) is 0 Å². The molecule has 1 N–H and O–H groups in total. The molecule has 0 spiro atoms. The number of ether oxygens (including phenoxy) is 1. The second-order valence-electron chi connectivity index (χ2n) is 4.91. The van der Waals surface area contributed by atoms with Crippen molar-refractivity contribution in [2.45, 2.75) is 19.4 Å². The molecule has 0 aliphatic heterocycles. The van der Waals surface area contributed by atoms with E-state index in [0.717, 1.165) is 6.07 Å². The molecule has 1 aliphatic rings. The summed E-state index contributed by atoms with van der Waals surface area (Å²) in [4.78, 5) is 23.3. The molecule has 0 bridgehead atoms. The van der Waals surface area contributed by atoms with Crippen molar-refractivity contribution in [3.8, 4) is 0 Å². The van der Waals surface area contributed by atoms with Crippen LogP contribution < -0.4 is 5.32 Å². The molecule has 1 fully saturated rings. The Balaban J connectivity index is 2.02. The summed E-state index contributed by atoms with van der Waals surface area (Å²) >= 11 is 11.2. The van der Waals surface area contributed by atoms with E-state index in [1.54, 1.807) is 6.92 Å². The number of Topliss-reactive ketones (excluding diaryl/α,β-unsaturated/α-hetero) is 1. The Kier molecular flexibility index (Phi) is 5.59. The van der Waals surface area contributed by atoms with Gasteiger partial charge in [0, 0.05) is 24.2 Å². The van der Waals surface area contributed by atoms with Gasteiger partial charge in [0.1, 0.15) is 5.82 Å². The molecule has 0 saturated heterocycles.